The Hall–Kier alpha value is -2.11. The molecular formula is C12H16N4O2. The van der Waals surface area contributed by atoms with E-state index in [1.165, 1.54) is 6.20 Å². The lowest BCUT2D eigenvalue weighted by atomic mass is 9.96. The summed E-state index contributed by atoms with van der Waals surface area (Å²) >= 11 is 0. The first-order valence-corrected chi connectivity index (χ1v) is 5.85. The molecule has 0 saturated carbocycles. The first-order valence-electron chi connectivity index (χ1n) is 5.85. The van der Waals surface area contributed by atoms with Crippen LogP contribution < -0.4 is 5.73 Å². The monoisotopic (exact) mass is 248 g/mol. The third kappa shape index (κ3) is 1.70. The van der Waals surface area contributed by atoms with E-state index in [1.807, 2.05) is 20.8 Å². The highest BCUT2D eigenvalue weighted by Gasteiger charge is 2.21. The molecule has 0 aliphatic carbocycles. The van der Waals surface area contributed by atoms with Gasteiger partial charge in [-0.3, -0.25) is 0 Å². The number of pyridine rings is 1. The van der Waals surface area contributed by atoms with Crippen LogP contribution in [0.4, 0.5) is 5.82 Å². The molecule has 0 radical (unpaired) electrons. The van der Waals surface area contributed by atoms with Crippen LogP contribution in [-0.4, -0.2) is 25.8 Å². The summed E-state index contributed by atoms with van der Waals surface area (Å²) in [6.45, 7) is 6.45. The number of nitrogens with zero attached hydrogens (tertiary/aromatic N) is 3. The number of carboxylic acids is 1. The summed E-state index contributed by atoms with van der Waals surface area (Å²) in [6.07, 6.45) is 1.38. The molecule has 0 spiro atoms. The average Bonchev–Trinajstić information content (AvgIpc) is 2.64. The first-order chi connectivity index (χ1) is 8.47. The van der Waals surface area contributed by atoms with Gasteiger partial charge in [-0.05, 0) is 18.4 Å². The van der Waals surface area contributed by atoms with Crippen LogP contribution in [0.3, 0.4) is 0 Å². The van der Waals surface area contributed by atoms with Crippen LogP contribution >= 0.6 is 0 Å². The van der Waals surface area contributed by atoms with Crippen LogP contribution in [0.25, 0.3) is 11.0 Å². The largest absolute Gasteiger partial charge is 0.478 e. The van der Waals surface area contributed by atoms with Crippen molar-refractivity contribution < 1.29 is 9.90 Å². The summed E-state index contributed by atoms with van der Waals surface area (Å²) in [5.41, 5.74) is 7.43. The summed E-state index contributed by atoms with van der Waals surface area (Å²) < 4.78 is 1.68. The van der Waals surface area contributed by atoms with E-state index in [2.05, 4.69) is 10.1 Å². The third-order valence-electron chi connectivity index (χ3n) is 2.94. The second-order valence-electron chi connectivity index (χ2n) is 4.45. The van der Waals surface area contributed by atoms with Gasteiger partial charge in [0.1, 0.15) is 0 Å². The maximum atomic E-state index is 11.2. The molecule has 2 heterocycles. The average molecular weight is 248 g/mol. The molecule has 96 valence electrons. The Balaban J connectivity index is 2.90. The molecule has 6 heteroatoms. The zero-order valence-electron chi connectivity index (χ0n) is 10.6. The van der Waals surface area contributed by atoms with Gasteiger partial charge < -0.3 is 10.8 Å². The maximum Gasteiger partial charge on any atom is 0.337 e. The van der Waals surface area contributed by atoms with Gasteiger partial charge in [0, 0.05) is 12.7 Å². The number of aromatic carboxylic acids is 1. The Morgan fingerprint density at radius 2 is 2.22 bits per heavy atom. The van der Waals surface area contributed by atoms with Crippen LogP contribution in [0.15, 0.2) is 6.20 Å². The topological polar surface area (TPSA) is 94.0 Å². The van der Waals surface area contributed by atoms with Gasteiger partial charge in [-0.2, -0.15) is 5.10 Å². The standard InChI is InChI=1S/C12H16N4O2/c1-4-16-11-9(10(13)15-16)8(6(2)3)7(5-14-11)12(17)18/h5-6H,4H2,1-3H3,(H2,13,15)(H,17,18). The normalized spacial score (nSPS) is 11.3. The van der Waals surface area contributed by atoms with Crippen molar-refractivity contribution >= 4 is 22.8 Å². The Morgan fingerprint density at radius 1 is 1.56 bits per heavy atom. The van der Waals surface area contributed by atoms with Gasteiger partial charge in [0.05, 0.1) is 10.9 Å². The maximum absolute atomic E-state index is 11.2. The highest BCUT2D eigenvalue weighted by Crippen LogP contribution is 2.31. The highest BCUT2D eigenvalue weighted by atomic mass is 16.4. The predicted octanol–water partition coefficient (Wildman–Crippen LogP) is 1.85. The molecule has 0 fully saturated rings. The molecule has 2 rings (SSSR count). The van der Waals surface area contributed by atoms with Gasteiger partial charge in [0.25, 0.3) is 0 Å². The number of rotatable bonds is 3. The predicted molar refractivity (Wildman–Crippen MR) is 68.7 cm³/mol. The number of hydrogen-bond donors (Lipinski definition) is 2. The summed E-state index contributed by atoms with van der Waals surface area (Å²) in [7, 11) is 0. The van der Waals surface area contributed by atoms with E-state index < -0.39 is 5.97 Å². The van der Waals surface area contributed by atoms with E-state index in [4.69, 9.17) is 5.73 Å². The summed E-state index contributed by atoms with van der Waals surface area (Å²) in [5.74, 6) is -0.610. The number of nitrogens with two attached hydrogens (primary N) is 1. The smallest absolute Gasteiger partial charge is 0.337 e. The molecule has 18 heavy (non-hydrogen) atoms. The summed E-state index contributed by atoms with van der Waals surface area (Å²) in [5, 5.41) is 14.1. The number of fused-ring (bicyclic) bond motifs is 1. The number of carbonyl (C=O) groups is 1. The molecule has 2 aromatic rings. The van der Waals surface area contributed by atoms with Crippen LogP contribution in [-0.2, 0) is 6.54 Å². The summed E-state index contributed by atoms with van der Waals surface area (Å²) in [4.78, 5) is 15.4. The van der Waals surface area contributed by atoms with Gasteiger partial charge in [0.15, 0.2) is 11.5 Å². The quantitative estimate of drug-likeness (QED) is 0.864. The van der Waals surface area contributed by atoms with Crippen molar-refractivity contribution in [3.63, 3.8) is 0 Å². The van der Waals surface area contributed by atoms with Crippen molar-refractivity contribution in [2.45, 2.75) is 33.2 Å². The molecule has 0 saturated heterocycles. The Morgan fingerprint density at radius 3 is 2.72 bits per heavy atom. The minimum absolute atomic E-state index is 0.0402. The molecule has 0 unspecified atom stereocenters. The Bertz CT molecular complexity index is 616. The minimum Gasteiger partial charge on any atom is -0.478 e. The lowest BCUT2D eigenvalue weighted by molar-refractivity contribution is 0.0695. The number of hydrogen-bond acceptors (Lipinski definition) is 4. The van der Waals surface area contributed by atoms with Crippen LogP contribution in [0.2, 0.25) is 0 Å². The summed E-state index contributed by atoms with van der Waals surface area (Å²) in [6, 6.07) is 0. The van der Waals surface area contributed by atoms with E-state index in [9.17, 15) is 9.90 Å². The lowest BCUT2D eigenvalue weighted by Crippen LogP contribution is -2.07. The van der Waals surface area contributed by atoms with Gasteiger partial charge in [-0.25, -0.2) is 14.5 Å². The molecule has 3 N–H and O–H groups in total. The molecule has 0 bridgehead atoms. The SMILES string of the molecule is CCn1nc(N)c2c(C(C)C)c(C(=O)O)cnc21. The molecule has 0 amide bonds. The molecular weight excluding hydrogens is 232 g/mol. The minimum atomic E-state index is -0.989. The lowest BCUT2D eigenvalue weighted by Gasteiger charge is -2.11. The fourth-order valence-corrected chi connectivity index (χ4v) is 2.18. The van der Waals surface area contributed by atoms with Gasteiger partial charge in [0.2, 0.25) is 0 Å². The number of anilines is 1. The van der Waals surface area contributed by atoms with Crippen LogP contribution in [0, 0.1) is 0 Å². The van der Waals surface area contributed by atoms with Crippen molar-refractivity contribution in [3.05, 3.63) is 17.3 Å². The van der Waals surface area contributed by atoms with Crippen LogP contribution in [0.5, 0.6) is 0 Å². The van der Waals surface area contributed by atoms with E-state index in [0.717, 1.165) is 0 Å². The van der Waals surface area contributed by atoms with Crippen molar-refractivity contribution in [2.75, 3.05) is 5.73 Å². The van der Waals surface area contributed by atoms with E-state index >= 15 is 0 Å². The Kier molecular flexibility index (Phi) is 2.94. The molecule has 0 aromatic carbocycles. The third-order valence-corrected chi connectivity index (χ3v) is 2.94. The van der Waals surface area contributed by atoms with Crippen LogP contribution in [0.1, 0.15) is 42.6 Å². The van der Waals surface area contributed by atoms with Gasteiger partial charge >= 0.3 is 5.97 Å². The number of carboxylic acid groups (broad SMARTS) is 1. The number of nitrogen functional groups attached to an aromatic ring is 1. The highest BCUT2D eigenvalue weighted by molar-refractivity contribution is 5.99. The second kappa shape index (κ2) is 4.29. The second-order valence-corrected chi connectivity index (χ2v) is 4.45. The fourth-order valence-electron chi connectivity index (χ4n) is 2.18. The fraction of sp³-hybridized carbons (Fsp3) is 0.417. The zero-order valence-corrected chi connectivity index (χ0v) is 10.6. The van der Waals surface area contributed by atoms with Crippen molar-refractivity contribution in [1.82, 2.24) is 14.8 Å². The van der Waals surface area contributed by atoms with Gasteiger partial charge in [-0.15, -0.1) is 0 Å². The molecule has 0 atom stereocenters. The van der Waals surface area contributed by atoms with E-state index in [-0.39, 0.29) is 11.5 Å². The van der Waals surface area contributed by atoms with Crippen molar-refractivity contribution in [3.8, 4) is 0 Å². The first kappa shape index (κ1) is 12.3. The zero-order chi connectivity index (χ0) is 13.4. The number of aromatic nitrogens is 3. The van der Waals surface area contributed by atoms with Crippen molar-refractivity contribution in [2.24, 2.45) is 0 Å². The Labute approximate surface area is 104 Å². The number of aryl methyl sites for hydroxylation is 1. The molecule has 2 aromatic heterocycles. The van der Waals surface area contributed by atoms with E-state index in [0.29, 0.717) is 29.0 Å². The van der Waals surface area contributed by atoms with E-state index in [1.54, 1.807) is 4.68 Å². The van der Waals surface area contributed by atoms with Gasteiger partial charge in [-0.1, -0.05) is 13.8 Å². The molecule has 6 nitrogen and oxygen atoms in total. The molecule has 0 aliphatic heterocycles. The molecule has 0 aliphatic rings. The van der Waals surface area contributed by atoms with Crippen molar-refractivity contribution in [1.29, 1.82) is 0 Å².